The molecule has 2 aliphatic rings. The highest BCUT2D eigenvalue weighted by atomic mass is 16.4. The van der Waals surface area contributed by atoms with E-state index in [-0.39, 0.29) is 0 Å². The second kappa shape index (κ2) is 6.10. The van der Waals surface area contributed by atoms with Crippen LogP contribution in [0.1, 0.15) is 102 Å². The highest BCUT2D eigenvalue weighted by Crippen LogP contribution is 2.43. The Labute approximate surface area is 128 Å². The molecule has 118 valence electrons. The Morgan fingerprint density at radius 1 is 0.762 bits per heavy atom. The number of rotatable bonds is 2. The first-order valence-electron chi connectivity index (χ1n) is 8.87. The Kier molecular flexibility index (Phi) is 4.37. The fourth-order valence-corrected chi connectivity index (χ4v) is 4.13. The lowest BCUT2D eigenvalue weighted by molar-refractivity contribution is 0.160. The molecule has 1 aromatic heterocycles. The van der Waals surface area contributed by atoms with E-state index in [9.17, 15) is 0 Å². The first kappa shape index (κ1) is 15.1. The lowest BCUT2D eigenvalue weighted by Crippen LogP contribution is -2.25. The van der Waals surface area contributed by atoms with Gasteiger partial charge in [0.2, 0.25) is 11.8 Å². The second-order valence-corrected chi connectivity index (χ2v) is 8.23. The zero-order valence-electron chi connectivity index (χ0n) is 13.9. The van der Waals surface area contributed by atoms with Gasteiger partial charge in [-0.2, -0.15) is 0 Å². The van der Waals surface area contributed by atoms with Crippen LogP contribution in [0.3, 0.4) is 0 Å². The van der Waals surface area contributed by atoms with Gasteiger partial charge in [-0.3, -0.25) is 0 Å². The summed E-state index contributed by atoms with van der Waals surface area (Å²) in [5.41, 5.74) is 0.438. The zero-order valence-corrected chi connectivity index (χ0v) is 13.9. The van der Waals surface area contributed by atoms with Crippen LogP contribution in [0.2, 0.25) is 0 Å². The Hall–Kier alpha value is -0.860. The van der Waals surface area contributed by atoms with Crippen molar-refractivity contribution in [1.82, 2.24) is 10.2 Å². The molecule has 0 amide bonds. The Morgan fingerprint density at radius 2 is 1.29 bits per heavy atom. The zero-order chi connectivity index (χ0) is 14.9. The predicted molar refractivity (Wildman–Crippen MR) is 84.3 cm³/mol. The molecule has 0 spiro atoms. The van der Waals surface area contributed by atoms with Gasteiger partial charge in [-0.25, -0.2) is 0 Å². The van der Waals surface area contributed by atoms with Crippen LogP contribution >= 0.6 is 0 Å². The number of nitrogens with zero attached hydrogens (tertiary/aromatic N) is 2. The van der Waals surface area contributed by atoms with Gasteiger partial charge in [0.05, 0.1) is 0 Å². The largest absolute Gasteiger partial charge is 0.425 e. The van der Waals surface area contributed by atoms with Gasteiger partial charge < -0.3 is 4.42 Å². The highest BCUT2D eigenvalue weighted by Gasteiger charge is 2.32. The molecule has 0 unspecified atom stereocenters. The summed E-state index contributed by atoms with van der Waals surface area (Å²) in [6.45, 7) is 7.10. The Bertz CT molecular complexity index is 446. The van der Waals surface area contributed by atoms with Crippen molar-refractivity contribution in [3.63, 3.8) is 0 Å². The maximum atomic E-state index is 6.06. The molecule has 0 atom stereocenters. The first-order chi connectivity index (χ1) is 10.0. The molecular weight excluding hydrogens is 260 g/mol. The molecule has 0 N–H and O–H groups in total. The van der Waals surface area contributed by atoms with Gasteiger partial charge in [0.25, 0.3) is 0 Å². The summed E-state index contributed by atoms with van der Waals surface area (Å²) in [7, 11) is 0. The molecular formula is C18H30N2O. The van der Waals surface area contributed by atoms with Gasteiger partial charge in [0, 0.05) is 11.8 Å². The van der Waals surface area contributed by atoms with Crippen LogP contribution in [-0.4, -0.2) is 10.2 Å². The standard InChI is InChI=1S/C18H30N2O/c1-18(2,3)15-11-9-14(10-12-15)17-20-19-16(21-17)13-7-5-4-6-8-13/h13-15H,4-12H2,1-3H3. The third-order valence-electron chi connectivity index (χ3n) is 5.71. The van der Waals surface area contributed by atoms with Crippen molar-refractivity contribution in [3.05, 3.63) is 11.8 Å². The maximum Gasteiger partial charge on any atom is 0.219 e. The lowest BCUT2D eigenvalue weighted by Gasteiger charge is -2.36. The Balaban J connectivity index is 1.60. The molecule has 3 nitrogen and oxygen atoms in total. The average Bonchev–Trinajstić information content (AvgIpc) is 2.97. The van der Waals surface area contributed by atoms with Crippen LogP contribution in [0, 0.1) is 11.3 Å². The first-order valence-corrected chi connectivity index (χ1v) is 8.87. The number of hydrogen-bond donors (Lipinski definition) is 0. The molecule has 0 aliphatic heterocycles. The van der Waals surface area contributed by atoms with E-state index in [0.29, 0.717) is 17.3 Å². The van der Waals surface area contributed by atoms with E-state index in [1.807, 2.05) is 0 Å². The van der Waals surface area contributed by atoms with Gasteiger partial charge in [0.1, 0.15) is 0 Å². The van der Waals surface area contributed by atoms with E-state index in [1.54, 1.807) is 0 Å². The van der Waals surface area contributed by atoms with E-state index in [1.165, 1.54) is 57.8 Å². The van der Waals surface area contributed by atoms with Crippen LogP contribution in [0.4, 0.5) is 0 Å². The van der Waals surface area contributed by atoms with Crippen molar-refractivity contribution in [1.29, 1.82) is 0 Å². The molecule has 1 heterocycles. The lowest BCUT2D eigenvalue weighted by atomic mass is 9.70. The van der Waals surface area contributed by atoms with Crippen molar-refractivity contribution in [2.75, 3.05) is 0 Å². The molecule has 1 aromatic rings. The highest BCUT2D eigenvalue weighted by molar-refractivity contribution is 4.99. The summed E-state index contributed by atoms with van der Waals surface area (Å²) < 4.78 is 6.06. The third-order valence-corrected chi connectivity index (χ3v) is 5.71. The molecule has 0 radical (unpaired) electrons. The van der Waals surface area contributed by atoms with Crippen molar-refractivity contribution in [2.45, 2.75) is 90.4 Å². The monoisotopic (exact) mass is 290 g/mol. The molecule has 0 saturated heterocycles. The van der Waals surface area contributed by atoms with Gasteiger partial charge in [-0.15, -0.1) is 10.2 Å². The Morgan fingerprint density at radius 3 is 1.81 bits per heavy atom. The van der Waals surface area contributed by atoms with E-state index < -0.39 is 0 Å². The van der Waals surface area contributed by atoms with E-state index in [0.717, 1.165) is 17.7 Å². The van der Waals surface area contributed by atoms with Crippen LogP contribution in [0.5, 0.6) is 0 Å². The molecule has 2 aliphatic carbocycles. The van der Waals surface area contributed by atoms with Gasteiger partial charge >= 0.3 is 0 Å². The topological polar surface area (TPSA) is 38.9 Å². The smallest absolute Gasteiger partial charge is 0.219 e. The maximum absolute atomic E-state index is 6.06. The number of aromatic nitrogens is 2. The van der Waals surface area contributed by atoms with Crippen LogP contribution < -0.4 is 0 Å². The third kappa shape index (κ3) is 3.49. The molecule has 21 heavy (non-hydrogen) atoms. The van der Waals surface area contributed by atoms with Gasteiger partial charge in [-0.05, 0) is 49.9 Å². The van der Waals surface area contributed by atoms with Gasteiger partial charge in [0.15, 0.2) is 0 Å². The van der Waals surface area contributed by atoms with E-state index in [2.05, 4.69) is 31.0 Å². The van der Waals surface area contributed by atoms with Crippen LogP contribution in [-0.2, 0) is 0 Å². The molecule has 3 heteroatoms. The van der Waals surface area contributed by atoms with E-state index >= 15 is 0 Å². The predicted octanol–water partition coefficient (Wildman–Crippen LogP) is 5.44. The average molecular weight is 290 g/mol. The SMILES string of the molecule is CC(C)(C)C1CCC(c2nnc(C3CCCCC3)o2)CC1. The fraction of sp³-hybridized carbons (Fsp3) is 0.889. The molecule has 2 saturated carbocycles. The van der Waals surface area contributed by atoms with Crippen molar-refractivity contribution >= 4 is 0 Å². The summed E-state index contributed by atoms with van der Waals surface area (Å²) in [5.74, 6) is 3.72. The van der Waals surface area contributed by atoms with Crippen LogP contribution in [0.15, 0.2) is 4.42 Å². The summed E-state index contributed by atoms with van der Waals surface area (Å²) in [6, 6.07) is 0. The molecule has 2 fully saturated rings. The summed E-state index contributed by atoms with van der Waals surface area (Å²) in [6.07, 6.45) is 11.5. The summed E-state index contributed by atoms with van der Waals surface area (Å²) in [5, 5.41) is 8.75. The van der Waals surface area contributed by atoms with E-state index in [4.69, 9.17) is 4.42 Å². The molecule has 0 aromatic carbocycles. The minimum atomic E-state index is 0.438. The minimum absolute atomic E-state index is 0.438. The molecule has 3 rings (SSSR count). The minimum Gasteiger partial charge on any atom is -0.425 e. The summed E-state index contributed by atoms with van der Waals surface area (Å²) >= 11 is 0. The number of hydrogen-bond acceptors (Lipinski definition) is 3. The van der Waals surface area contributed by atoms with Crippen LogP contribution in [0.25, 0.3) is 0 Å². The van der Waals surface area contributed by atoms with Crippen molar-refractivity contribution in [2.24, 2.45) is 11.3 Å². The van der Waals surface area contributed by atoms with Crippen molar-refractivity contribution < 1.29 is 4.42 Å². The molecule has 0 bridgehead atoms. The quantitative estimate of drug-likeness (QED) is 0.728. The fourth-order valence-electron chi connectivity index (χ4n) is 4.13. The van der Waals surface area contributed by atoms with Crippen molar-refractivity contribution in [3.8, 4) is 0 Å². The normalized spacial score (nSPS) is 28.7. The second-order valence-electron chi connectivity index (χ2n) is 8.23. The summed E-state index contributed by atoms with van der Waals surface area (Å²) in [4.78, 5) is 0. The van der Waals surface area contributed by atoms with Gasteiger partial charge in [-0.1, -0.05) is 40.0 Å².